The standard InChI is InChI=1S/C18H21ClN6O.C16H21N3O4.C16H23N3O2.C12H13N3O4.C11H13BrN2.C7H5N3O2.C4H9.CH4O.BrH.Mg/c1-10(2)7-12-11(18(26)24(3)4)5-6-13-15(12)23-9-25(13)17-14(19)16(20)21-8-22-17;1-10(2)8-11-12(19(21)22)6-7-13-14(11)17-9-18(13)15(20)23-16(3,4)5;1-10(2)8-11-12(17)6-7-13-14(11)18-9-19(13)15(20)21-16(3,4)5;1-12(2,3)19-11(16)14-7-13-9-6-8(15(17)18)4-5-10(9)14;1-7(2)5-8-9(12)3-4-10-11(8)14-6-13-10;11-10(12)5-1-2-6-7(3-5)9-4-8-6;1-4(2)3;1-2;;/h5-6,8-10H,7H2,1-4H3,(H2,20,21,22);6-7,9-10H,8H2,1-5H3;6-7,9-10H,8,17H2,1-5H3;4-7H,1-3H3;3-4,6-7H,5H2,1-2H3,(H,13,14);1-4H,(H,8,9);4H,1H2,2-3H3;2H,1H3;1H;/q;;;;;;-1;;;+2/p-1. The van der Waals surface area contributed by atoms with Gasteiger partial charge >= 0.3 is 41.3 Å². The van der Waals surface area contributed by atoms with E-state index in [4.69, 9.17) is 42.4 Å². The van der Waals surface area contributed by atoms with Crippen LogP contribution in [0.1, 0.15) is 164 Å². The van der Waals surface area contributed by atoms with Crippen molar-refractivity contribution >= 4 is 170 Å². The van der Waals surface area contributed by atoms with E-state index >= 15 is 0 Å². The molecule has 0 aliphatic carbocycles. The second kappa shape index (κ2) is 45.8. The number of H-pyrrole nitrogens is 2. The number of nitro benzene ring substituents is 3. The zero-order valence-electron chi connectivity index (χ0n) is 73.5. The van der Waals surface area contributed by atoms with Gasteiger partial charge in [0.2, 0.25) is 0 Å². The molecular formula is C85H109Br2ClMgN20O14. The molecule has 0 atom stereocenters. The van der Waals surface area contributed by atoms with Gasteiger partial charge in [0.15, 0.2) is 5.82 Å². The van der Waals surface area contributed by atoms with Crippen molar-refractivity contribution in [3.05, 3.63) is 204 Å². The quantitative estimate of drug-likeness (QED) is 0.0179. The second-order valence-corrected chi connectivity index (χ2v) is 34.3. The van der Waals surface area contributed by atoms with E-state index in [1.54, 1.807) is 83.8 Å². The first-order valence-corrected chi connectivity index (χ1v) is 39.9. The van der Waals surface area contributed by atoms with Gasteiger partial charge in [-0.05, 0) is 177 Å². The summed E-state index contributed by atoms with van der Waals surface area (Å²) in [4.78, 5) is 121. The molecule has 6 aromatic carbocycles. The molecule has 13 aromatic rings. The van der Waals surface area contributed by atoms with Gasteiger partial charge in [-0.2, -0.15) is 5.92 Å². The van der Waals surface area contributed by atoms with Crippen LogP contribution in [0.2, 0.25) is 5.02 Å². The summed E-state index contributed by atoms with van der Waals surface area (Å²) in [7, 11) is 4.49. The number of fused-ring (bicyclic) bond motifs is 6. The van der Waals surface area contributed by atoms with Gasteiger partial charge in [0.05, 0.1) is 99.2 Å². The maximum absolute atomic E-state index is 12.6. The molecule has 13 rings (SSSR count). The van der Waals surface area contributed by atoms with Gasteiger partial charge < -0.3 is 69.6 Å². The number of carbonyl (C=O) groups is 4. The molecule has 0 fully saturated rings. The van der Waals surface area contributed by atoms with Crippen LogP contribution in [0.25, 0.3) is 72.0 Å². The number of carbonyl (C=O) groups excluding carboxylic acids is 4. The summed E-state index contributed by atoms with van der Waals surface area (Å²) in [6.07, 6.45) is 12.0. The molecule has 38 heteroatoms. The SMILES string of the molecule is CC(C)(C)OC(=O)n1cnc2cc([N+](=O)[O-])ccc21.CC(C)Cc1c(Br)ccc2[nH]cnc12.CC(C)Cc1c(C(=O)N(C)C)ccc2c1ncn2-c1ncnc(N)c1Cl.CC(C)Cc1c(N)ccc2c1ncn2C(=O)OC(C)(C)C.CC(C)Cc1c([N+](=O)[O-])ccc2c1ncn2C(=O)OC(C)(C)C.CO.O=[N+]([O-])c1ccc2nc[nH]c2c1.[Br-].[CH2-]C(C)C.[Mg+2]. The molecule has 1 amide bonds. The van der Waals surface area contributed by atoms with E-state index in [1.807, 2.05) is 58.9 Å². The Labute approximate surface area is 753 Å². The third-order valence-electron chi connectivity index (χ3n) is 16.6. The van der Waals surface area contributed by atoms with Crippen molar-refractivity contribution in [2.75, 3.05) is 32.7 Å². The van der Waals surface area contributed by atoms with Gasteiger partial charge in [-0.25, -0.2) is 68.0 Å². The van der Waals surface area contributed by atoms with Crippen LogP contribution >= 0.6 is 27.5 Å². The smallest absolute Gasteiger partial charge is 1.00 e. The number of halogens is 3. The van der Waals surface area contributed by atoms with Crippen molar-refractivity contribution in [3.63, 3.8) is 0 Å². The topological polar surface area (TPSA) is 455 Å². The van der Waals surface area contributed by atoms with Crippen LogP contribution < -0.4 is 28.4 Å². The van der Waals surface area contributed by atoms with E-state index in [-0.39, 0.29) is 79.8 Å². The number of non-ortho nitro benzene ring substituents is 2. The number of nitrogens with zero attached hydrogens (tertiary/aromatic N) is 16. The molecule has 0 unspecified atom stereocenters. The van der Waals surface area contributed by atoms with Crippen molar-refractivity contribution in [2.45, 2.75) is 174 Å². The third-order valence-corrected chi connectivity index (χ3v) is 17.7. The number of nitrogens with two attached hydrogens (primary N) is 2. The Hall–Kier alpha value is -11.1. The van der Waals surface area contributed by atoms with Gasteiger partial charge in [-0.3, -0.25) is 39.7 Å². The number of benzene rings is 6. The predicted molar refractivity (Wildman–Crippen MR) is 481 cm³/mol. The number of ether oxygens (including phenoxy) is 3. The molecule has 0 saturated heterocycles. The Kier molecular flexibility index (Phi) is 38.8. The third kappa shape index (κ3) is 29.3. The zero-order valence-corrected chi connectivity index (χ0v) is 78.8. The van der Waals surface area contributed by atoms with E-state index in [0.29, 0.717) is 80.3 Å². The number of aromatic amines is 2. The maximum atomic E-state index is 12.6. The fourth-order valence-electron chi connectivity index (χ4n) is 11.8. The minimum absolute atomic E-state index is 0. The van der Waals surface area contributed by atoms with Crippen molar-refractivity contribution in [1.82, 2.24) is 73.0 Å². The Bertz CT molecular complexity index is 5790. The van der Waals surface area contributed by atoms with Gasteiger partial charge in [0, 0.05) is 72.8 Å². The fraction of sp³-hybridized carbons (Fsp3) is 0.400. The molecule has 656 valence electrons. The van der Waals surface area contributed by atoms with Gasteiger partial charge in [-0.15, -0.1) is 0 Å². The summed E-state index contributed by atoms with van der Waals surface area (Å²) >= 11 is 9.85. The summed E-state index contributed by atoms with van der Waals surface area (Å²) < 4.78 is 22.8. The minimum atomic E-state index is -0.630. The molecule has 0 spiro atoms. The minimum Gasteiger partial charge on any atom is -1.00 e. The van der Waals surface area contributed by atoms with Crippen molar-refractivity contribution in [2.24, 2.45) is 29.6 Å². The molecule has 7 N–H and O–H groups in total. The van der Waals surface area contributed by atoms with E-state index in [0.717, 1.165) is 80.6 Å². The Morgan fingerprint density at radius 3 is 1.46 bits per heavy atom. The first kappa shape index (κ1) is 104. The number of nitro groups is 3. The van der Waals surface area contributed by atoms with Crippen LogP contribution in [0.15, 0.2) is 134 Å². The van der Waals surface area contributed by atoms with Crippen LogP contribution in [-0.2, 0) is 39.9 Å². The molecule has 0 aliphatic rings. The molecule has 123 heavy (non-hydrogen) atoms. The molecule has 34 nitrogen and oxygen atoms in total. The van der Waals surface area contributed by atoms with Gasteiger partial charge in [0.1, 0.15) is 59.3 Å². The Morgan fingerprint density at radius 1 is 0.520 bits per heavy atom. The molecule has 7 aromatic heterocycles. The van der Waals surface area contributed by atoms with E-state index in [1.165, 1.54) is 93.4 Å². The number of amides is 1. The van der Waals surface area contributed by atoms with Crippen LogP contribution in [0.5, 0.6) is 0 Å². The molecular weight excluding hydrogens is 1740 g/mol. The number of hydrogen-bond donors (Lipinski definition) is 5. The Balaban J connectivity index is 0.000000309. The van der Waals surface area contributed by atoms with Gasteiger partial charge in [-0.1, -0.05) is 96.8 Å². The summed E-state index contributed by atoms with van der Waals surface area (Å²) in [6.45, 7) is 40.8. The average molecular weight is 1850 g/mol. The number of hydrogen-bond acceptors (Lipinski definition) is 24. The average Bonchev–Trinajstić information content (AvgIpc) is 1.65. The molecule has 0 saturated carbocycles. The number of rotatable bonds is 13. The predicted octanol–water partition coefficient (Wildman–Crippen LogP) is 15.9. The zero-order chi connectivity index (χ0) is 90.6. The van der Waals surface area contributed by atoms with Crippen LogP contribution in [0.3, 0.4) is 0 Å². The monoisotopic (exact) mass is 1850 g/mol. The maximum Gasteiger partial charge on any atom is 2.00 e. The summed E-state index contributed by atoms with van der Waals surface area (Å²) in [5.41, 5.74) is 23.8. The van der Waals surface area contributed by atoms with E-state index < -0.39 is 49.9 Å². The number of imidazole rings is 6. The van der Waals surface area contributed by atoms with Crippen molar-refractivity contribution < 1.29 is 70.2 Å². The second-order valence-electron chi connectivity index (χ2n) is 33.0. The molecule has 0 bridgehead atoms. The number of aromatic nitrogens is 14. The number of nitrogens with one attached hydrogen (secondary N) is 2. The van der Waals surface area contributed by atoms with Crippen LogP contribution in [-0.4, -0.2) is 178 Å². The fourth-order valence-corrected chi connectivity index (χ4v) is 12.4. The molecule has 7 heterocycles. The van der Waals surface area contributed by atoms with Crippen molar-refractivity contribution in [3.8, 4) is 5.82 Å². The largest absolute Gasteiger partial charge is 2.00 e. The Morgan fingerprint density at radius 2 is 0.951 bits per heavy atom. The van der Waals surface area contributed by atoms with Crippen LogP contribution in [0, 0.1) is 66.9 Å². The molecule has 0 aliphatic heterocycles. The summed E-state index contributed by atoms with van der Waals surface area (Å²) in [5, 5.41) is 39.5. The number of aliphatic hydroxyl groups is 1. The van der Waals surface area contributed by atoms with E-state index in [9.17, 15) is 49.5 Å². The number of nitrogen functional groups attached to an aromatic ring is 2. The van der Waals surface area contributed by atoms with E-state index in [2.05, 4.69) is 140 Å². The number of aliphatic hydroxyl groups excluding tert-OH is 1. The first-order chi connectivity index (χ1) is 56.6. The van der Waals surface area contributed by atoms with Crippen molar-refractivity contribution in [1.29, 1.82) is 0 Å². The summed E-state index contributed by atoms with van der Waals surface area (Å²) in [5.74, 6) is 2.92. The first-order valence-electron chi connectivity index (χ1n) is 38.7. The normalized spacial score (nSPS) is 11.1. The summed E-state index contributed by atoms with van der Waals surface area (Å²) in [6, 6.07) is 23.0. The van der Waals surface area contributed by atoms with Gasteiger partial charge in [0.25, 0.3) is 23.0 Å². The van der Waals surface area contributed by atoms with Crippen LogP contribution in [0.4, 0.5) is 43.0 Å². The number of anilines is 2. The molecule has 0 radical (unpaired) electrons.